The molecule has 0 radical (unpaired) electrons. The Bertz CT molecular complexity index is 1500. The minimum absolute atomic E-state index is 0.188. The Morgan fingerprint density at radius 1 is 1.06 bits per heavy atom. The van der Waals surface area contributed by atoms with Crippen LogP contribution in [0.2, 0.25) is 5.02 Å². The van der Waals surface area contributed by atoms with Crippen molar-refractivity contribution in [2.24, 2.45) is 0 Å². The second kappa shape index (κ2) is 7.65. The zero-order valence-corrected chi connectivity index (χ0v) is 17.8. The Labute approximate surface area is 185 Å². The first kappa shape index (κ1) is 19.5. The number of benzene rings is 3. The highest BCUT2D eigenvalue weighted by molar-refractivity contribution is 7.21. The van der Waals surface area contributed by atoms with E-state index in [1.54, 1.807) is 43.3 Å². The maximum absolute atomic E-state index is 13.1. The second-order valence-electron chi connectivity index (χ2n) is 6.90. The van der Waals surface area contributed by atoms with E-state index in [0.717, 1.165) is 10.2 Å². The number of hydrogen-bond donors (Lipinski definition) is 0. The molecule has 7 heteroatoms. The minimum Gasteiger partial charge on any atom is -0.463 e. The quantitative estimate of drug-likeness (QED) is 0.241. The molecular weight excluding hydrogens is 434 g/mol. The predicted octanol–water partition coefficient (Wildman–Crippen LogP) is 6.25. The molecule has 152 valence electrons. The van der Waals surface area contributed by atoms with Crippen molar-refractivity contribution >= 4 is 50.1 Å². The van der Waals surface area contributed by atoms with Crippen molar-refractivity contribution in [2.75, 3.05) is 0 Å². The van der Waals surface area contributed by atoms with Gasteiger partial charge in [-0.1, -0.05) is 35.9 Å². The number of hydrogen-bond acceptors (Lipinski definition) is 6. The van der Waals surface area contributed by atoms with Crippen LogP contribution in [0.3, 0.4) is 0 Å². The number of ether oxygens (including phenoxy) is 1. The molecule has 0 aliphatic rings. The van der Waals surface area contributed by atoms with E-state index in [2.05, 4.69) is 4.98 Å². The molecule has 3 aromatic carbocycles. The topological polar surface area (TPSA) is 69.4 Å². The fraction of sp³-hybridized carbons (Fsp3) is 0.0417. The third kappa shape index (κ3) is 3.40. The Balaban J connectivity index is 1.55. The lowest BCUT2D eigenvalue weighted by atomic mass is 10.1. The van der Waals surface area contributed by atoms with Gasteiger partial charge in [-0.3, -0.25) is 4.79 Å². The molecule has 2 heterocycles. The number of carbonyl (C=O) groups is 1. The molecule has 0 aliphatic carbocycles. The molecule has 0 amide bonds. The zero-order chi connectivity index (χ0) is 21.5. The first-order valence-electron chi connectivity index (χ1n) is 9.40. The van der Waals surface area contributed by atoms with Crippen LogP contribution in [0.15, 0.2) is 76.1 Å². The van der Waals surface area contributed by atoms with Crippen molar-refractivity contribution in [3.8, 4) is 16.3 Å². The van der Waals surface area contributed by atoms with Gasteiger partial charge in [-0.25, -0.2) is 9.78 Å². The van der Waals surface area contributed by atoms with Gasteiger partial charge in [0.2, 0.25) is 5.43 Å². The summed E-state index contributed by atoms with van der Waals surface area (Å²) in [6.45, 7) is 1.73. The molecule has 5 rings (SSSR count). The maximum atomic E-state index is 13.1. The smallest absolute Gasteiger partial charge is 0.345 e. The Kier molecular flexibility index (Phi) is 4.81. The lowest BCUT2D eigenvalue weighted by molar-refractivity contribution is 0.0734. The number of rotatable bonds is 3. The van der Waals surface area contributed by atoms with Gasteiger partial charge >= 0.3 is 5.97 Å². The van der Waals surface area contributed by atoms with Crippen molar-refractivity contribution < 1.29 is 13.9 Å². The van der Waals surface area contributed by atoms with Crippen LogP contribution in [-0.4, -0.2) is 11.0 Å². The van der Waals surface area contributed by atoms with E-state index < -0.39 is 5.97 Å². The summed E-state index contributed by atoms with van der Waals surface area (Å²) >= 11 is 7.52. The summed E-state index contributed by atoms with van der Waals surface area (Å²) in [4.78, 5) is 30.2. The van der Waals surface area contributed by atoms with E-state index in [4.69, 9.17) is 20.8 Å². The summed E-state index contributed by atoms with van der Waals surface area (Å²) < 4.78 is 12.3. The monoisotopic (exact) mass is 447 g/mol. The number of esters is 1. The number of carbonyl (C=O) groups excluding carboxylic acids is 1. The summed E-state index contributed by atoms with van der Waals surface area (Å²) in [6, 6.07) is 17.5. The molecule has 0 atom stereocenters. The standard InChI is InChI=1S/C24H14ClNO4S/c1-13-19(30-24(28)14-6-2-3-7-17(14)25)11-10-15-21(27)16(12-29-22(13)15)23-26-18-8-4-5-9-20(18)31-23/h2-12H,1H3. The fourth-order valence-electron chi connectivity index (χ4n) is 3.35. The van der Waals surface area contributed by atoms with Crippen molar-refractivity contribution in [2.45, 2.75) is 6.92 Å². The van der Waals surface area contributed by atoms with Crippen LogP contribution in [0.25, 0.3) is 31.8 Å². The molecule has 0 saturated carbocycles. The van der Waals surface area contributed by atoms with Crippen LogP contribution in [0.5, 0.6) is 5.75 Å². The Morgan fingerprint density at radius 2 is 1.84 bits per heavy atom. The number of thiazole rings is 1. The predicted molar refractivity (Wildman–Crippen MR) is 122 cm³/mol. The van der Waals surface area contributed by atoms with E-state index in [9.17, 15) is 9.59 Å². The molecule has 0 spiro atoms. The average molecular weight is 448 g/mol. The van der Waals surface area contributed by atoms with E-state index in [0.29, 0.717) is 37.9 Å². The van der Waals surface area contributed by atoms with Gasteiger partial charge < -0.3 is 9.15 Å². The van der Waals surface area contributed by atoms with Crippen LogP contribution >= 0.6 is 22.9 Å². The van der Waals surface area contributed by atoms with Gasteiger partial charge in [0.25, 0.3) is 0 Å². The number of halogens is 1. The van der Waals surface area contributed by atoms with Gasteiger partial charge in [-0.2, -0.15) is 0 Å². The SMILES string of the molecule is Cc1c(OC(=O)c2ccccc2Cl)ccc2c(=O)c(-c3nc4ccccc4s3)coc12. The average Bonchev–Trinajstić information content (AvgIpc) is 3.20. The third-order valence-corrected chi connectivity index (χ3v) is 6.36. The first-order valence-corrected chi connectivity index (χ1v) is 10.6. The minimum atomic E-state index is -0.582. The number of nitrogens with zero attached hydrogens (tertiary/aromatic N) is 1. The van der Waals surface area contributed by atoms with Crippen molar-refractivity contribution in [1.82, 2.24) is 4.98 Å². The molecule has 0 unspecified atom stereocenters. The second-order valence-corrected chi connectivity index (χ2v) is 8.34. The highest BCUT2D eigenvalue weighted by Gasteiger charge is 2.18. The van der Waals surface area contributed by atoms with Gasteiger partial charge in [0.1, 0.15) is 22.6 Å². The fourth-order valence-corrected chi connectivity index (χ4v) is 4.53. The number of aryl methyl sites for hydroxylation is 1. The molecule has 2 aromatic heterocycles. The molecular formula is C24H14ClNO4S. The highest BCUT2D eigenvalue weighted by Crippen LogP contribution is 2.32. The van der Waals surface area contributed by atoms with Crippen LogP contribution in [0.4, 0.5) is 0 Å². The van der Waals surface area contributed by atoms with Gasteiger partial charge in [0.15, 0.2) is 0 Å². The van der Waals surface area contributed by atoms with Crippen molar-refractivity contribution in [3.63, 3.8) is 0 Å². The van der Waals surface area contributed by atoms with Crippen LogP contribution in [0.1, 0.15) is 15.9 Å². The highest BCUT2D eigenvalue weighted by atomic mass is 35.5. The molecule has 0 N–H and O–H groups in total. The van der Waals surface area contributed by atoms with Gasteiger partial charge in [0.05, 0.1) is 31.8 Å². The summed E-state index contributed by atoms with van der Waals surface area (Å²) in [5.41, 5.74) is 2.21. The lowest BCUT2D eigenvalue weighted by Crippen LogP contribution is -2.11. The van der Waals surface area contributed by atoms with Gasteiger partial charge in [-0.15, -0.1) is 11.3 Å². The molecule has 5 nitrogen and oxygen atoms in total. The van der Waals surface area contributed by atoms with E-state index in [-0.39, 0.29) is 11.0 Å². The Hall–Kier alpha value is -3.48. The van der Waals surface area contributed by atoms with E-state index in [1.807, 2.05) is 24.3 Å². The molecule has 0 fully saturated rings. The molecule has 31 heavy (non-hydrogen) atoms. The largest absolute Gasteiger partial charge is 0.463 e. The molecule has 5 aromatic rings. The summed E-state index contributed by atoms with van der Waals surface area (Å²) in [6.07, 6.45) is 1.41. The lowest BCUT2D eigenvalue weighted by Gasteiger charge is -2.10. The summed E-state index contributed by atoms with van der Waals surface area (Å²) in [5, 5.41) is 1.30. The third-order valence-electron chi connectivity index (χ3n) is 4.96. The van der Waals surface area contributed by atoms with Crippen LogP contribution in [0, 0.1) is 6.92 Å². The normalized spacial score (nSPS) is 11.2. The number of fused-ring (bicyclic) bond motifs is 2. The van der Waals surface area contributed by atoms with E-state index >= 15 is 0 Å². The Morgan fingerprint density at radius 3 is 2.65 bits per heavy atom. The summed E-state index contributed by atoms with van der Waals surface area (Å²) in [7, 11) is 0. The van der Waals surface area contributed by atoms with Crippen molar-refractivity contribution in [3.05, 3.63) is 93.3 Å². The van der Waals surface area contributed by atoms with Crippen LogP contribution in [-0.2, 0) is 0 Å². The molecule has 0 aliphatic heterocycles. The van der Waals surface area contributed by atoms with Crippen molar-refractivity contribution in [1.29, 1.82) is 0 Å². The molecule has 0 saturated heterocycles. The van der Waals surface area contributed by atoms with Gasteiger partial charge in [0, 0.05) is 5.56 Å². The zero-order valence-electron chi connectivity index (χ0n) is 16.2. The number of para-hydroxylation sites is 1. The molecule has 0 bridgehead atoms. The first-order chi connectivity index (χ1) is 15.0. The maximum Gasteiger partial charge on any atom is 0.345 e. The number of aromatic nitrogens is 1. The summed E-state index contributed by atoms with van der Waals surface area (Å²) in [5.74, 6) is -0.283. The van der Waals surface area contributed by atoms with Crippen LogP contribution < -0.4 is 10.2 Å². The van der Waals surface area contributed by atoms with E-state index in [1.165, 1.54) is 17.6 Å². The van der Waals surface area contributed by atoms with Gasteiger partial charge in [-0.05, 0) is 43.3 Å².